The van der Waals surface area contributed by atoms with Crippen molar-refractivity contribution in [3.63, 3.8) is 0 Å². The zero-order valence-electron chi connectivity index (χ0n) is 7.68. The third-order valence-electron chi connectivity index (χ3n) is 1.69. The number of hydrogen-bond acceptors (Lipinski definition) is 2. The van der Waals surface area contributed by atoms with Crippen LogP contribution < -0.4 is 4.74 Å². The van der Waals surface area contributed by atoms with Crippen LogP contribution in [0.25, 0.3) is 0 Å². The van der Waals surface area contributed by atoms with Gasteiger partial charge in [-0.3, -0.25) is 0 Å². The number of nitriles is 1. The summed E-state index contributed by atoms with van der Waals surface area (Å²) in [6.45, 7) is 1.82. The highest BCUT2D eigenvalue weighted by atomic mass is 19.1. The fourth-order valence-electron chi connectivity index (χ4n) is 1.07. The minimum Gasteiger partial charge on any atom is -0.488 e. The predicted molar refractivity (Wildman–Crippen MR) is 46.8 cm³/mol. The standard InChI is InChI=1S/C10H9F2NO/c1-2-14-10-8(11)4-3-7(5-6-13)9(10)12/h3-4H,2,5H2,1H3. The van der Waals surface area contributed by atoms with Crippen molar-refractivity contribution in [3.8, 4) is 11.8 Å². The molecule has 0 radical (unpaired) electrons. The molecule has 1 aromatic carbocycles. The van der Waals surface area contributed by atoms with Gasteiger partial charge in [0.15, 0.2) is 17.4 Å². The SMILES string of the molecule is CCOc1c(F)ccc(CC#N)c1F. The summed E-state index contributed by atoms with van der Waals surface area (Å²) >= 11 is 0. The fourth-order valence-corrected chi connectivity index (χ4v) is 1.07. The summed E-state index contributed by atoms with van der Waals surface area (Å²) in [5, 5.41) is 8.38. The second kappa shape index (κ2) is 4.56. The summed E-state index contributed by atoms with van der Waals surface area (Å²) in [5.41, 5.74) is 0.150. The van der Waals surface area contributed by atoms with E-state index in [4.69, 9.17) is 10.00 Å². The van der Waals surface area contributed by atoms with Crippen LogP contribution in [0.2, 0.25) is 0 Å². The number of ether oxygens (including phenoxy) is 1. The lowest BCUT2D eigenvalue weighted by molar-refractivity contribution is 0.301. The molecule has 0 saturated carbocycles. The topological polar surface area (TPSA) is 33.0 Å². The van der Waals surface area contributed by atoms with E-state index in [2.05, 4.69) is 0 Å². The first kappa shape index (κ1) is 10.5. The fraction of sp³-hybridized carbons (Fsp3) is 0.300. The van der Waals surface area contributed by atoms with Crippen molar-refractivity contribution in [3.05, 3.63) is 29.3 Å². The van der Waals surface area contributed by atoms with E-state index in [1.165, 1.54) is 6.07 Å². The highest BCUT2D eigenvalue weighted by molar-refractivity contribution is 5.34. The van der Waals surface area contributed by atoms with E-state index < -0.39 is 17.4 Å². The molecule has 2 nitrogen and oxygen atoms in total. The first-order valence-corrected chi connectivity index (χ1v) is 4.17. The lowest BCUT2D eigenvalue weighted by Crippen LogP contribution is -2.01. The first-order valence-electron chi connectivity index (χ1n) is 4.17. The molecular weight excluding hydrogens is 188 g/mol. The maximum Gasteiger partial charge on any atom is 0.191 e. The molecule has 0 aliphatic carbocycles. The van der Waals surface area contributed by atoms with Crippen LogP contribution in [-0.4, -0.2) is 6.61 Å². The van der Waals surface area contributed by atoms with Gasteiger partial charge < -0.3 is 4.74 Å². The maximum atomic E-state index is 13.4. The Labute approximate surface area is 80.7 Å². The van der Waals surface area contributed by atoms with Crippen molar-refractivity contribution in [2.45, 2.75) is 13.3 Å². The molecule has 14 heavy (non-hydrogen) atoms. The first-order chi connectivity index (χ1) is 6.70. The predicted octanol–water partition coefficient (Wildman–Crippen LogP) is 2.43. The van der Waals surface area contributed by atoms with E-state index in [1.807, 2.05) is 0 Å². The van der Waals surface area contributed by atoms with Gasteiger partial charge in [0.1, 0.15) is 0 Å². The third-order valence-corrected chi connectivity index (χ3v) is 1.69. The van der Waals surface area contributed by atoms with Crippen LogP contribution in [0, 0.1) is 23.0 Å². The maximum absolute atomic E-state index is 13.4. The van der Waals surface area contributed by atoms with Crippen molar-refractivity contribution in [2.24, 2.45) is 0 Å². The molecule has 1 rings (SSSR count). The monoisotopic (exact) mass is 197 g/mol. The summed E-state index contributed by atoms with van der Waals surface area (Å²) in [6.07, 6.45) is -0.0911. The third kappa shape index (κ3) is 1.99. The Morgan fingerprint density at radius 2 is 2.14 bits per heavy atom. The van der Waals surface area contributed by atoms with Crippen molar-refractivity contribution in [1.82, 2.24) is 0 Å². The smallest absolute Gasteiger partial charge is 0.191 e. The number of nitrogens with zero attached hydrogens (tertiary/aromatic N) is 1. The number of halogens is 2. The molecule has 74 valence electrons. The van der Waals surface area contributed by atoms with E-state index in [0.717, 1.165) is 6.07 Å². The molecule has 0 unspecified atom stereocenters. The van der Waals surface area contributed by atoms with Gasteiger partial charge in [-0.25, -0.2) is 8.78 Å². The molecule has 1 aromatic rings. The van der Waals surface area contributed by atoms with Crippen LogP contribution in [0.15, 0.2) is 12.1 Å². The van der Waals surface area contributed by atoms with E-state index in [-0.39, 0.29) is 18.6 Å². The van der Waals surface area contributed by atoms with Gasteiger partial charge in [-0.1, -0.05) is 6.07 Å². The Bertz CT molecular complexity index is 371. The van der Waals surface area contributed by atoms with Crippen molar-refractivity contribution in [2.75, 3.05) is 6.61 Å². The molecule has 0 aliphatic rings. The van der Waals surface area contributed by atoms with Crippen LogP contribution in [0.5, 0.6) is 5.75 Å². The molecule has 0 saturated heterocycles. The van der Waals surface area contributed by atoms with E-state index in [1.54, 1.807) is 13.0 Å². The Balaban J connectivity index is 3.13. The van der Waals surface area contributed by atoms with Gasteiger partial charge in [0.05, 0.1) is 19.1 Å². The van der Waals surface area contributed by atoms with Crippen LogP contribution in [-0.2, 0) is 6.42 Å². The Morgan fingerprint density at radius 1 is 1.43 bits per heavy atom. The lowest BCUT2D eigenvalue weighted by atomic mass is 10.1. The summed E-state index contributed by atoms with van der Waals surface area (Å²) < 4.78 is 31.2. The molecule has 4 heteroatoms. The van der Waals surface area contributed by atoms with E-state index in [0.29, 0.717) is 0 Å². The minimum atomic E-state index is -0.784. The van der Waals surface area contributed by atoms with Gasteiger partial charge >= 0.3 is 0 Å². The zero-order valence-corrected chi connectivity index (χ0v) is 7.68. The Hall–Kier alpha value is -1.63. The highest BCUT2D eigenvalue weighted by Crippen LogP contribution is 2.24. The molecule has 0 aliphatic heterocycles. The molecule has 0 fully saturated rings. The largest absolute Gasteiger partial charge is 0.488 e. The van der Waals surface area contributed by atoms with Gasteiger partial charge in [0.25, 0.3) is 0 Å². The molecule has 0 N–H and O–H groups in total. The van der Waals surface area contributed by atoms with Gasteiger partial charge in [-0.15, -0.1) is 0 Å². The summed E-state index contributed by atoms with van der Waals surface area (Å²) in [7, 11) is 0. The molecule has 0 spiro atoms. The molecule has 0 heterocycles. The quantitative estimate of drug-likeness (QED) is 0.745. The van der Waals surface area contributed by atoms with E-state index >= 15 is 0 Å². The van der Waals surface area contributed by atoms with Gasteiger partial charge in [0.2, 0.25) is 0 Å². The van der Waals surface area contributed by atoms with E-state index in [9.17, 15) is 8.78 Å². The number of rotatable bonds is 3. The Kier molecular flexibility index (Phi) is 3.41. The van der Waals surface area contributed by atoms with Crippen molar-refractivity contribution >= 4 is 0 Å². The molecule has 0 aromatic heterocycles. The molecule has 0 bridgehead atoms. The lowest BCUT2D eigenvalue weighted by Gasteiger charge is -2.07. The number of benzene rings is 1. The van der Waals surface area contributed by atoms with Crippen LogP contribution in [0.4, 0.5) is 8.78 Å². The molecular formula is C10H9F2NO. The summed E-state index contributed by atoms with van der Waals surface area (Å²) in [6, 6.07) is 4.14. The minimum absolute atomic E-state index is 0.0911. The Morgan fingerprint density at radius 3 is 2.71 bits per heavy atom. The normalized spacial score (nSPS) is 9.57. The highest BCUT2D eigenvalue weighted by Gasteiger charge is 2.13. The van der Waals surface area contributed by atoms with Crippen LogP contribution >= 0.6 is 0 Å². The summed E-state index contributed by atoms with van der Waals surface area (Å²) in [4.78, 5) is 0. The van der Waals surface area contributed by atoms with Crippen molar-refractivity contribution < 1.29 is 13.5 Å². The summed E-state index contributed by atoms with van der Waals surface area (Å²) in [5.74, 6) is -1.93. The second-order valence-electron chi connectivity index (χ2n) is 2.62. The average Bonchev–Trinajstić information content (AvgIpc) is 2.17. The van der Waals surface area contributed by atoms with Crippen molar-refractivity contribution in [1.29, 1.82) is 5.26 Å². The van der Waals surface area contributed by atoms with Gasteiger partial charge in [-0.05, 0) is 13.0 Å². The second-order valence-corrected chi connectivity index (χ2v) is 2.62. The van der Waals surface area contributed by atoms with Crippen LogP contribution in [0.3, 0.4) is 0 Å². The van der Waals surface area contributed by atoms with Gasteiger partial charge in [0, 0.05) is 5.56 Å². The van der Waals surface area contributed by atoms with Crippen LogP contribution in [0.1, 0.15) is 12.5 Å². The average molecular weight is 197 g/mol. The molecule has 0 atom stereocenters. The zero-order chi connectivity index (χ0) is 10.6. The number of hydrogen-bond donors (Lipinski definition) is 0. The molecule has 0 amide bonds. The van der Waals surface area contributed by atoms with Gasteiger partial charge in [-0.2, -0.15) is 5.26 Å².